The molecule has 1 rings (SSSR count). The molecule has 9 heteroatoms. The van der Waals surface area contributed by atoms with E-state index in [1.807, 2.05) is 0 Å². The maximum Gasteiger partial charge on any atom is 0.418 e. The third kappa shape index (κ3) is 3.34. The molecule has 0 spiro atoms. The Labute approximate surface area is 96.1 Å². The monoisotopic (exact) mass is 273 g/mol. The summed E-state index contributed by atoms with van der Waals surface area (Å²) in [5, 5.41) is 8.35. The van der Waals surface area contributed by atoms with E-state index in [2.05, 4.69) is 4.98 Å². The number of carboxylic acids is 1. The molecule has 0 radical (unpaired) electrons. The molecule has 0 aromatic carbocycles. The summed E-state index contributed by atoms with van der Waals surface area (Å²) in [5.41, 5.74) is -4.48. The minimum absolute atomic E-state index is 0.0128. The molecule has 0 bridgehead atoms. The number of hydrogen-bond donors (Lipinski definition) is 1. The second-order valence-corrected chi connectivity index (χ2v) is 3.29. The van der Waals surface area contributed by atoms with Crippen LogP contribution in [0.4, 0.5) is 26.3 Å². The lowest BCUT2D eigenvalue weighted by atomic mass is 10.1. The first kappa shape index (κ1) is 14.3. The van der Waals surface area contributed by atoms with Crippen LogP contribution >= 0.6 is 0 Å². The molecule has 100 valence electrons. The van der Waals surface area contributed by atoms with Crippen LogP contribution in [0, 0.1) is 0 Å². The number of hydrogen-bond acceptors (Lipinski definition) is 2. The molecular formula is C9H5F6NO2. The highest BCUT2D eigenvalue weighted by Gasteiger charge is 2.43. The number of carbonyl (C=O) groups is 1. The highest BCUT2D eigenvalue weighted by molar-refractivity contribution is 5.69. The molecule has 1 heterocycles. The Hall–Kier alpha value is -1.80. The van der Waals surface area contributed by atoms with Crippen molar-refractivity contribution in [2.45, 2.75) is 18.8 Å². The van der Waals surface area contributed by atoms with Gasteiger partial charge in [-0.1, -0.05) is 0 Å². The summed E-state index contributed by atoms with van der Waals surface area (Å²) in [5.74, 6) is -1.49. The topological polar surface area (TPSA) is 50.2 Å². The van der Waals surface area contributed by atoms with Crippen molar-refractivity contribution in [3.05, 3.63) is 29.1 Å². The Bertz CT molecular complexity index is 465. The van der Waals surface area contributed by atoms with E-state index in [1.165, 1.54) is 0 Å². The number of aliphatic carboxylic acids is 1. The van der Waals surface area contributed by atoms with E-state index in [9.17, 15) is 31.1 Å². The van der Waals surface area contributed by atoms with Crippen molar-refractivity contribution in [1.82, 2.24) is 4.98 Å². The van der Waals surface area contributed by atoms with Gasteiger partial charge in [0, 0.05) is 6.20 Å². The van der Waals surface area contributed by atoms with E-state index < -0.39 is 41.6 Å². The summed E-state index contributed by atoms with van der Waals surface area (Å²) in [7, 11) is 0. The molecule has 1 aromatic rings. The summed E-state index contributed by atoms with van der Waals surface area (Å²) in [4.78, 5) is 13.3. The molecule has 18 heavy (non-hydrogen) atoms. The number of aromatic nitrogens is 1. The molecule has 1 aromatic heterocycles. The first-order valence-electron chi connectivity index (χ1n) is 4.37. The summed E-state index contributed by atoms with van der Waals surface area (Å²) in [6.45, 7) is 0. The van der Waals surface area contributed by atoms with Gasteiger partial charge in [-0.25, -0.2) is 0 Å². The number of carboxylic acid groups (broad SMARTS) is 1. The van der Waals surface area contributed by atoms with Crippen LogP contribution in [-0.2, 0) is 23.6 Å². The van der Waals surface area contributed by atoms with E-state index in [0.29, 0.717) is 0 Å². The standard InChI is InChI=1S/C9H5F6NO2/c10-8(11,12)5-1-4(2-7(17)18)16-3-6(5)9(13,14)15/h1,3H,2H2,(H,17,18). The predicted molar refractivity (Wildman–Crippen MR) is 45.6 cm³/mol. The van der Waals surface area contributed by atoms with E-state index in [4.69, 9.17) is 5.11 Å². The van der Waals surface area contributed by atoms with Crippen molar-refractivity contribution >= 4 is 5.97 Å². The molecule has 0 unspecified atom stereocenters. The van der Waals surface area contributed by atoms with Gasteiger partial charge in [-0.3, -0.25) is 9.78 Å². The molecular weight excluding hydrogens is 268 g/mol. The Morgan fingerprint density at radius 3 is 2.00 bits per heavy atom. The number of halogens is 6. The molecule has 0 saturated carbocycles. The number of alkyl halides is 6. The SMILES string of the molecule is O=C(O)Cc1cc(C(F)(F)F)c(C(F)(F)F)cn1. The predicted octanol–water partition coefficient (Wildman–Crippen LogP) is 2.75. The average molecular weight is 273 g/mol. The van der Waals surface area contributed by atoms with E-state index in [0.717, 1.165) is 0 Å². The van der Waals surface area contributed by atoms with Crippen LogP contribution in [0.1, 0.15) is 16.8 Å². The number of pyridine rings is 1. The normalized spacial score (nSPS) is 12.6. The quantitative estimate of drug-likeness (QED) is 0.843. The van der Waals surface area contributed by atoms with Crippen LogP contribution in [0.5, 0.6) is 0 Å². The van der Waals surface area contributed by atoms with Crippen LogP contribution in [-0.4, -0.2) is 16.1 Å². The van der Waals surface area contributed by atoms with Crippen molar-refractivity contribution in [2.75, 3.05) is 0 Å². The smallest absolute Gasteiger partial charge is 0.418 e. The fourth-order valence-electron chi connectivity index (χ4n) is 1.21. The molecule has 0 aliphatic heterocycles. The molecule has 0 aliphatic rings. The van der Waals surface area contributed by atoms with E-state index in [1.54, 1.807) is 0 Å². The lowest BCUT2D eigenvalue weighted by Gasteiger charge is -2.15. The van der Waals surface area contributed by atoms with Gasteiger partial charge in [0.2, 0.25) is 0 Å². The molecule has 0 aliphatic carbocycles. The molecule has 3 nitrogen and oxygen atoms in total. The molecule has 1 N–H and O–H groups in total. The minimum Gasteiger partial charge on any atom is -0.481 e. The van der Waals surface area contributed by atoms with Gasteiger partial charge in [0.25, 0.3) is 0 Å². The Morgan fingerprint density at radius 1 is 1.11 bits per heavy atom. The summed E-state index contributed by atoms with van der Waals surface area (Å²) >= 11 is 0. The molecule has 0 amide bonds. The van der Waals surface area contributed by atoms with Crippen molar-refractivity contribution in [2.24, 2.45) is 0 Å². The third-order valence-corrected chi connectivity index (χ3v) is 1.90. The zero-order chi connectivity index (χ0) is 14.1. The van der Waals surface area contributed by atoms with Gasteiger partial charge in [-0.2, -0.15) is 26.3 Å². The fourth-order valence-corrected chi connectivity index (χ4v) is 1.21. The highest BCUT2D eigenvalue weighted by atomic mass is 19.4. The van der Waals surface area contributed by atoms with Crippen LogP contribution in [0.15, 0.2) is 12.3 Å². The maximum absolute atomic E-state index is 12.4. The zero-order valence-corrected chi connectivity index (χ0v) is 8.43. The van der Waals surface area contributed by atoms with Crippen molar-refractivity contribution in [1.29, 1.82) is 0 Å². The summed E-state index contributed by atoms with van der Waals surface area (Å²) < 4.78 is 74.2. The zero-order valence-electron chi connectivity index (χ0n) is 8.43. The van der Waals surface area contributed by atoms with Gasteiger partial charge < -0.3 is 5.11 Å². The van der Waals surface area contributed by atoms with E-state index >= 15 is 0 Å². The van der Waals surface area contributed by atoms with Gasteiger partial charge in [-0.15, -0.1) is 0 Å². The molecule has 0 saturated heterocycles. The largest absolute Gasteiger partial charge is 0.481 e. The van der Waals surface area contributed by atoms with Crippen molar-refractivity contribution in [3.8, 4) is 0 Å². The van der Waals surface area contributed by atoms with Crippen molar-refractivity contribution in [3.63, 3.8) is 0 Å². The Morgan fingerprint density at radius 2 is 1.61 bits per heavy atom. The van der Waals surface area contributed by atoms with Gasteiger partial charge >= 0.3 is 18.3 Å². The second-order valence-electron chi connectivity index (χ2n) is 3.29. The summed E-state index contributed by atoms with van der Waals surface area (Å²) in [6.07, 6.45) is -11.3. The minimum atomic E-state index is -5.24. The third-order valence-electron chi connectivity index (χ3n) is 1.90. The lowest BCUT2D eigenvalue weighted by Crippen LogP contribution is -2.18. The molecule has 0 fully saturated rings. The number of nitrogens with zero attached hydrogens (tertiary/aromatic N) is 1. The Kier molecular flexibility index (Phi) is 3.54. The number of rotatable bonds is 2. The van der Waals surface area contributed by atoms with Crippen LogP contribution in [0.3, 0.4) is 0 Å². The lowest BCUT2D eigenvalue weighted by molar-refractivity contribution is -0.162. The van der Waals surface area contributed by atoms with Crippen LogP contribution in [0.2, 0.25) is 0 Å². The molecule has 0 atom stereocenters. The van der Waals surface area contributed by atoms with Gasteiger partial charge in [0.1, 0.15) is 0 Å². The van der Waals surface area contributed by atoms with Gasteiger partial charge in [0.05, 0.1) is 23.2 Å². The Balaban J connectivity index is 3.35. The van der Waals surface area contributed by atoms with Crippen molar-refractivity contribution < 1.29 is 36.2 Å². The van der Waals surface area contributed by atoms with Gasteiger partial charge in [0.15, 0.2) is 0 Å². The summed E-state index contributed by atoms with van der Waals surface area (Å²) in [6, 6.07) is 0.0942. The first-order valence-corrected chi connectivity index (χ1v) is 4.37. The average Bonchev–Trinajstić information content (AvgIpc) is 2.13. The van der Waals surface area contributed by atoms with E-state index in [-0.39, 0.29) is 12.3 Å². The first-order chi connectivity index (χ1) is 8.01. The highest BCUT2D eigenvalue weighted by Crippen LogP contribution is 2.40. The van der Waals surface area contributed by atoms with Crippen LogP contribution < -0.4 is 0 Å². The second kappa shape index (κ2) is 4.46. The van der Waals surface area contributed by atoms with Crippen LogP contribution in [0.25, 0.3) is 0 Å². The fraction of sp³-hybridized carbons (Fsp3) is 0.333. The van der Waals surface area contributed by atoms with Gasteiger partial charge in [-0.05, 0) is 6.07 Å². The maximum atomic E-state index is 12.4.